The molecule has 4 heteroatoms. The lowest BCUT2D eigenvalue weighted by Gasteiger charge is -2.29. The van der Waals surface area contributed by atoms with Gasteiger partial charge in [-0.1, -0.05) is 32.0 Å². The fourth-order valence-corrected chi connectivity index (χ4v) is 2.23. The summed E-state index contributed by atoms with van der Waals surface area (Å²) in [5.74, 6) is -0.0449. The number of para-hydroxylation sites is 1. The summed E-state index contributed by atoms with van der Waals surface area (Å²) >= 11 is 0. The maximum atomic E-state index is 11.7. The molecule has 4 nitrogen and oxygen atoms in total. The van der Waals surface area contributed by atoms with Gasteiger partial charge in [0.2, 0.25) is 5.91 Å². The molecule has 1 aromatic carbocycles. The molecular formula is C15H20N2O2. The van der Waals surface area contributed by atoms with Crippen molar-refractivity contribution in [3.63, 3.8) is 0 Å². The molecule has 0 aliphatic carbocycles. The molecule has 2 rings (SSSR count). The van der Waals surface area contributed by atoms with Crippen LogP contribution in [0.4, 0.5) is 0 Å². The van der Waals surface area contributed by atoms with E-state index in [4.69, 9.17) is 5.73 Å². The third-order valence-electron chi connectivity index (χ3n) is 3.67. The summed E-state index contributed by atoms with van der Waals surface area (Å²) in [5, 5.41) is 10.4. The minimum absolute atomic E-state index is 0.00621. The zero-order chi connectivity index (χ0) is 14.2. The predicted molar refractivity (Wildman–Crippen MR) is 76.0 cm³/mol. The zero-order valence-corrected chi connectivity index (χ0v) is 11.6. The van der Waals surface area contributed by atoms with Crippen LogP contribution in [0.3, 0.4) is 0 Å². The Labute approximate surface area is 112 Å². The summed E-state index contributed by atoms with van der Waals surface area (Å²) in [7, 11) is 0. The number of fused-ring (bicyclic) bond motifs is 1. The Morgan fingerprint density at radius 2 is 2.05 bits per heavy atom. The molecule has 0 aliphatic rings. The first kappa shape index (κ1) is 13.8. The topological polar surface area (TPSA) is 68.2 Å². The van der Waals surface area contributed by atoms with Gasteiger partial charge in [0.05, 0.1) is 5.52 Å². The molecule has 0 saturated heterocycles. The first-order valence-corrected chi connectivity index (χ1v) is 6.36. The van der Waals surface area contributed by atoms with Gasteiger partial charge in [0.15, 0.2) is 0 Å². The molecule has 3 N–H and O–H groups in total. The molecule has 0 aliphatic heterocycles. The molecule has 0 saturated carbocycles. The molecule has 0 radical (unpaired) electrons. The van der Waals surface area contributed by atoms with Gasteiger partial charge in [-0.05, 0) is 11.6 Å². The van der Waals surface area contributed by atoms with E-state index >= 15 is 0 Å². The van der Waals surface area contributed by atoms with Crippen molar-refractivity contribution in [3.8, 4) is 0 Å². The van der Waals surface area contributed by atoms with Crippen LogP contribution in [0, 0.1) is 5.41 Å². The van der Waals surface area contributed by atoms with Crippen molar-refractivity contribution < 1.29 is 9.90 Å². The summed E-state index contributed by atoms with van der Waals surface area (Å²) in [4.78, 5) is 11.7. The zero-order valence-electron chi connectivity index (χ0n) is 11.6. The lowest BCUT2D eigenvalue weighted by atomic mass is 9.82. The van der Waals surface area contributed by atoms with Crippen molar-refractivity contribution in [1.82, 2.24) is 4.57 Å². The molecule has 1 aromatic heterocycles. The summed E-state index contributed by atoms with van der Waals surface area (Å²) in [5.41, 5.74) is 7.59. The molecule has 102 valence electrons. The molecular weight excluding hydrogens is 240 g/mol. The van der Waals surface area contributed by atoms with Gasteiger partial charge < -0.3 is 10.8 Å². The van der Waals surface area contributed by atoms with E-state index in [1.165, 1.54) is 6.92 Å². The van der Waals surface area contributed by atoms with Gasteiger partial charge in [-0.2, -0.15) is 0 Å². The number of aliphatic hydroxyl groups excluding tert-OH is 1. The smallest absolute Gasteiger partial charge is 0.227 e. The standard InChI is InChI=1S/C15H20N2O2/c1-10(19)17-8-12(14(16)15(2,3)9-18)11-6-4-5-7-13(11)17/h4-8,14,18H,9,16H2,1-3H3/t14-/m1/s1. The Hall–Kier alpha value is -1.65. The van der Waals surface area contributed by atoms with E-state index in [0.717, 1.165) is 16.5 Å². The summed E-state index contributed by atoms with van der Waals surface area (Å²) in [6.07, 6.45) is 1.79. The first-order chi connectivity index (χ1) is 8.88. The van der Waals surface area contributed by atoms with Crippen LogP contribution in [0.5, 0.6) is 0 Å². The number of aromatic nitrogens is 1. The molecule has 1 heterocycles. The second kappa shape index (κ2) is 4.79. The maximum absolute atomic E-state index is 11.7. The highest BCUT2D eigenvalue weighted by atomic mass is 16.3. The van der Waals surface area contributed by atoms with Gasteiger partial charge in [-0.15, -0.1) is 0 Å². The van der Waals surface area contributed by atoms with Crippen molar-refractivity contribution in [2.45, 2.75) is 26.8 Å². The van der Waals surface area contributed by atoms with Crippen LogP contribution >= 0.6 is 0 Å². The number of carbonyl (C=O) groups excluding carboxylic acids is 1. The van der Waals surface area contributed by atoms with E-state index in [9.17, 15) is 9.90 Å². The summed E-state index contributed by atoms with van der Waals surface area (Å²) in [6.45, 7) is 5.35. The van der Waals surface area contributed by atoms with Crippen LogP contribution in [-0.4, -0.2) is 22.2 Å². The number of benzene rings is 1. The normalized spacial score (nSPS) is 13.7. The Morgan fingerprint density at radius 1 is 1.42 bits per heavy atom. The van der Waals surface area contributed by atoms with Crippen molar-refractivity contribution in [2.75, 3.05) is 6.61 Å². The third kappa shape index (κ3) is 2.29. The monoisotopic (exact) mass is 260 g/mol. The van der Waals surface area contributed by atoms with Gasteiger partial charge in [0.25, 0.3) is 0 Å². The van der Waals surface area contributed by atoms with Crippen molar-refractivity contribution in [1.29, 1.82) is 0 Å². The number of hydrogen-bond donors (Lipinski definition) is 2. The van der Waals surface area contributed by atoms with Gasteiger partial charge in [-0.25, -0.2) is 0 Å². The van der Waals surface area contributed by atoms with Crippen molar-refractivity contribution in [2.24, 2.45) is 11.1 Å². The van der Waals surface area contributed by atoms with E-state index in [1.807, 2.05) is 38.1 Å². The van der Waals surface area contributed by atoms with E-state index in [0.29, 0.717) is 0 Å². The predicted octanol–water partition coefficient (Wildman–Crippen LogP) is 2.32. The fourth-order valence-electron chi connectivity index (χ4n) is 2.23. The molecule has 2 aromatic rings. The largest absolute Gasteiger partial charge is 0.396 e. The summed E-state index contributed by atoms with van der Waals surface area (Å²) < 4.78 is 1.61. The Morgan fingerprint density at radius 3 is 2.63 bits per heavy atom. The van der Waals surface area contributed by atoms with Crippen LogP contribution in [0.2, 0.25) is 0 Å². The average Bonchev–Trinajstić information content (AvgIpc) is 2.77. The van der Waals surface area contributed by atoms with Gasteiger partial charge in [-0.3, -0.25) is 9.36 Å². The van der Waals surface area contributed by atoms with Crippen molar-refractivity contribution in [3.05, 3.63) is 36.0 Å². The Bertz CT molecular complexity index is 614. The molecule has 19 heavy (non-hydrogen) atoms. The lowest BCUT2D eigenvalue weighted by molar-refractivity contribution is 0.0941. The quantitative estimate of drug-likeness (QED) is 0.890. The molecule has 0 unspecified atom stereocenters. The average molecular weight is 260 g/mol. The van der Waals surface area contributed by atoms with E-state index in [2.05, 4.69) is 0 Å². The van der Waals surface area contributed by atoms with Gasteiger partial charge in [0, 0.05) is 36.6 Å². The second-order valence-corrected chi connectivity index (χ2v) is 5.61. The first-order valence-electron chi connectivity index (χ1n) is 6.36. The SMILES string of the molecule is CC(=O)n1cc([C@@H](N)C(C)(C)CO)c2ccccc21. The van der Waals surface area contributed by atoms with Crippen LogP contribution in [0.1, 0.15) is 37.2 Å². The second-order valence-electron chi connectivity index (χ2n) is 5.61. The molecule has 0 spiro atoms. The van der Waals surface area contributed by atoms with E-state index in [-0.39, 0.29) is 18.6 Å². The highest BCUT2D eigenvalue weighted by molar-refractivity contribution is 5.93. The van der Waals surface area contributed by atoms with Crippen molar-refractivity contribution >= 4 is 16.8 Å². The van der Waals surface area contributed by atoms with Crippen LogP contribution < -0.4 is 5.73 Å². The Kier molecular flexibility index (Phi) is 3.47. The summed E-state index contributed by atoms with van der Waals surface area (Å²) in [6, 6.07) is 7.35. The fraction of sp³-hybridized carbons (Fsp3) is 0.400. The number of nitrogens with zero attached hydrogens (tertiary/aromatic N) is 1. The van der Waals surface area contributed by atoms with Gasteiger partial charge >= 0.3 is 0 Å². The van der Waals surface area contributed by atoms with Gasteiger partial charge in [0.1, 0.15) is 0 Å². The number of rotatable bonds is 3. The Balaban J connectivity index is 2.65. The van der Waals surface area contributed by atoms with Crippen LogP contribution in [-0.2, 0) is 0 Å². The minimum atomic E-state index is -0.439. The molecule has 0 fully saturated rings. The molecule has 0 bridgehead atoms. The van der Waals surface area contributed by atoms with Crippen LogP contribution in [0.15, 0.2) is 30.5 Å². The van der Waals surface area contributed by atoms with E-state index in [1.54, 1.807) is 10.8 Å². The minimum Gasteiger partial charge on any atom is -0.396 e. The highest BCUT2D eigenvalue weighted by Crippen LogP contribution is 2.35. The molecule has 0 amide bonds. The lowest BCUT2D eigenvalue weighted by Crippen LogP contribution is -2.32. The van der Waals surface area contributed by atoms with Crippen LogP contribution in [0.25, 0.3) is 10.9 Å². The number of hydrogen-bond acceptors (Lipinski definition) is 3. The maximum Gasteiger partial charge on any atom is 0.227 e. The third-order valence-corrected chi connectivity index (χ3v) is 3.67. The number of carbonyl (C=O) groups is 1. The molecule has 1 atom stereocenters. The van der Waals surface area contributed by atoms with E-state index < -0.39 is 5.41 Å². The highest BCUT2D eigenvalue weighted by Gasteiger charge is 2.29. The number of aliphatic hydroxyl groups is 1. The number of nitrogens with two attached hydrogens (primary N) is 1.